The van der Waals surface area contributed by atoms with Crippen molar-refractivity contribution in [2.75, 3.05) is 0 Å². The van der Waals surface area contributed by atoms with Crippen molar-refractivity contribution in [3.05, 3.63) is 40.4 Å². The summed E-state index contributed by atoms with van der Waals surface area (Å²) in [5.41, 5.74) is 1.60. The Balaban J connectivity index is 0.000000686. The van der Waals surface area contributed by atoms with Gasteiger partial charge in [-0.25, -0.2) is 4.79 Å². The van der Waals surface area contributed by atoms with E-state index in [1.54, 1.807) is 4.57 Å². The average Bonchev–Trinajstić information content (AvgIpc) is 2.31. The minimum absolute atomic E-state index is 0.148. The molecule has 1 heterocycles. The fourth-order valence-electron chi connectivity index (χ4n) is 1.92. The van der Waals surface area contributed by atoms with Gasteiger partial charge in [0, 0.05) is 17.1 Å². The molecule has 0 bridgehead atoms. The van der Waals surface area contributed by atoms with Gasteiger partial charge in [-0.3, -0.25) is 4.57 Å². The van der Waals surface area contributed by atoms with Crippen LogP contribution in [0.3, 0.4) is 0 Å². The van der Waals surface area contributed by atoms with Gasteiger partial charge in [0.2, 0.25) is 0 Å². The van der Waals surface area contributed by atoms with Crippen LogP contribution in [-0.4, -0.2) is 9.55 Å². The van der Waals surface area contributed by atoms with Gasteiger partial charge in [0.25, 0.3) is 0 Å². The van der Waals surface area contributed by atoms with Gasteiger partial charge >= 0.3 is 5.69 Å². The van der Waals surface area contributed by atoms with Gasteiger partial charge < -0.3 is 0 Å². The molecule has 0 unspecified atom stereocenters. The largest absolute Gasteiger partial charge is 0.348 e. The minimum atomic E-state index is -0.166. The summed E-state index contributed by atoms with van der Waals surface area (Å²) in [7, 11) is 0. The van der Waals surface area contributed by atoms with E-state index < -0.39 is 0 Å². The van der Waals surface area contributed by atoms with Crippen LogP contribution in [0, 0.1) is 6.92 Å². The third-order valence-corrected chi connectivity index (χ3v) is 2.59. The zero-order chi connectivity index (χ0) is 13.0. The number of rotatable bonds is 1. The molecule has 92 valence electrons. The summed E-state index contributed by atoms with van der Waals surface area (Å²) in [6, 6.07) is 7.87. The number of aryl methyl sites for hydroxylation is 1. The summed E-state index contributed by atoms with van der Waals surface area (Å²) in [6.07, 6.45) is 0. The summed E-state index contributed by atoms with van der Waals surface area (Å²) in [5.74, 6) is 0. The highest BCUT2D eigenvalue weighted by Gasteiger charge is 2.09. The molecule has 0 aliphatic carbocycles. The van der Waals surface area contributed by atoms with Gasteiger partial charge in [0.15, 0.2) is 0 Å². The lowest BCUT2D eigenvalue weighted by Gasteiger charge is -2.14. The third kappa shape index (κ3) is 2.54. The van der Waals surface area contributed by atoms with Crippen LogP contribution in [0.25, 0.3) is 10.9 Å². The second kappa shape index (κ2) is 5.62. The first-order chi connectivity index (χ1) is 8.11. The van der Waals surface area contributed by atoms with Crippen LogP contribution >= 0.6 is 0 Å². The molecule has 0 radical (unpaired) electrons. The van der Waals surface area contributed by atoms with Crippen LogP contribution in [0.5, 0.6) is 0 Å². The van der Waals surface area contributed by atoms with Crippen LogP contribution in [0.2, 0.25) is 0 Å². The predicted molar refractivity (Wildman–Crippen MR) is 72.5 cm³/mol. The summed E-state index contributed by atoms with van der Waals surface area (Å²) in [5, 5.41) is 1.05. The molecule has 3 heteroatoms. The fraction of sp³-hybridized carbons (Fsp3) is 0.429. The van der Waals surface area contributed by atoms with Gasteiger partial charge in [-0.1, -0.05) is 32.0 Å². The third-order valence-electron chi connectivity index (χ3n) is 2.59. The first kappa shape index (κ1) is 13.4. The maximum Gasteiger partial charge on any atom is 0.348 e. The van der Waals surface area contributed by atoms with E-state index in [9.17, 15) is 4.79 Å². The van der Waals surface area contributed by atoms with E-state index in [-0.39, 0.29) is 11.7 Å². The van der Waals surface area contributed by atoms with Crippen molar-refractivity contribution in [2.45, 2.75) is 40.7 Å². The molecule has 0 saturated heterocycles. The second-order valence-electron chi connectivity index (χ2n) is 3.96. The van der Waals surface area contributed by atoms with Crippen LogP contribution in [0.15, 0.2) is 29.1 Å². The standard InChI is InChI=1S/C12H14N2O.C2H6/c1-8(2)14-9(3)10-6-4-5-7-11(10)13-12(14)15;1-2/h4-8H,1-3H3;1-2H3. The Morgan fingerprint density at radius 2 is 1.76 bits per heavy atom. The van der Waals surface area contributed by atoms with Crippen molar-refractivity contribution in [1.82, 2.24) is 9.55 Å². The lowest BCUT2D eigenvalue weighted by molar-refractivity contribution is 0.554. The Labute approximate surface area is 102 Å². The maximum atomic E-state index is 11.7. The number of aromatic nitrogens is 2. The van der Waals surface area contributed by atoms with E-state index in [1.165, 1.54) is 0 Å². The molecule has 1 aromatic carbocycles. The predicted octanol–water partition coefficient (Wildman–Crippen LogP) is 3.31. The molecule has 2 rings (SSSR count). The Morgan fingerprint density at radius 1 is 1.18 bits per heavy atom. The molecular weight excluding hydrogens is 212 g/mol. The van der Waals surface area contributed by atoms with Gasteiger partial charge in [0.05, 0.1) is 5.52 Å². The number of hydrogen-bond donors (Lipinski definition) is 0. The quantitative estimate of drug-likeness (QED) is 0.756. The molecule has 0 spiro atoms. The molecule has 0 N–H and O–H groups in total. The second-order valence-corrected chi connectivity index (χ2v) is 3.96. The van der Waals surface area contributed by atoms with E-state index in [2.05, 4.69) is 4.98 Å². The minimum Gasteiger partial charge on any atom is -0.293 e. The van der Waals surface area contributed by atoms with Gasteiger partial charge in [-0.05, 0) is 26.8 Å². The molecule has 3 nitrogen and oxygen atoms in total. The highest BCUT2D eigenvalue weighted by molar-refractivity contribution is 5.80. The zero-order valence-electron chi connectivity index (χ0n) is 11.2. The summed E-state index contributed by atoms with van der Waals surface area (Å²) >= 11 is 0. The molecule has 0 fully saturated rings. The number of benzene rings is 1. The molecule has 0 aliphatic rings. The van der Waals surface area contributed by atoms with E-state index in [0.717, 1.165) is 16.6 Å². The number of nitrogens with zero attached hydrogens (tertiary/aromatic N) is 2. The van der Waals surface area contributed by atoms with Gasteiger partial charge in [-0.15, -0.1) is 0 Å². The van der Waals surface area contributed by atoms with Crippen LogP contribution < -0.4 is 5.69 Å². The van der Waals surface area contributed by atoms with Gasteiger partial charge in [0.1, 0.15) is 0 Å². The van der Waals surface area contributed by atoms with Crippen molar-refractivity contribution in [3.8, 4) is 0 Å². The lowest BCUT2D eigenvalue weighted by atomic mass is 10.2. The molecule has 17 heavy (non-hydrogen) atoms. The topological polar surface area (TPSA) is 34.9 Å². The molecule has 0 aliphatic heterocycles. The Bertz CT molecular complexity index is 556. The van der Waals surface area contributed by atoms with Crippen LogP contribution in [0.1, 0.15) is 39.4 Å². The smallest absolute Gasteiger partial charge is 0.293 e. The van der Waals surface area contributed by atoms with E-state index in [4.69, 9.17) is 0 Å². The molecule has 0 amide bonds. The molecule has 0 saturated carbocycles. The molecule has 2 aromatic rings. The van der Waals surface area contributed by atoms with E-state index in [0.29, 0.717) is 0 Å². The fourth-order valence-corrected chi connectivity index (χ4v) is 1.92. The Morgan fingerprint density at radius 3 is 2.35 bits per heavy atom. The van der Waals surface area contributed by atoms with Crippen molar-refractivity contribution >= 4 is 10.9 Å². The first-order valence-corrected chi connectivity index (χ1v) is 6.09. The Hall–Kier alpha value is -1.64. The van der Waals surface area contributed by atoms with E-state index in [1.807, 2.05) is 58.9 Å². The summed E-state index contributed by atoms with van der Waals surface area (Å²) in [6.45, 7) is 9.95. The molecule has 0 atom stereocenters. The van der Waals surface area contributed by atoms with Crippen molar-refractivity contribution in [2.24, 2.45) is 0 Å². The van der Waals surface area contributed by atoms with Gasteiger partial charge in [-0.2, -0.15) is 4.98 Å². The van der Waals surface area contributed by atoms with Crippen molar-refractivity contribution < 1.29 is 0 Å². The highest BCUT2D eigenvalue weighted by atomic mass is 16.1. The van der Waals surface area contributed by atoms with Crippen molar-refractivity contribution in [1.29, 1.82) is 0 Å². The highest BCUT2D eigenvalue weighted by Crippen LogP contribution is 2.15. The zero-order valence-corrected chi connectivity index (χ0v) is 11.2. The number of hydrogen-bond acceptors (Lipinski definition) is 2. The monoisotopic (exact) mass is 232 g/mol. The van der Waals surface area contributed by atoms with E-state index >= 15 is 0 Å². The van der Waals surface area contributed by atoms with Crippen LogP contribution in [-0.2, 0) is 0 Å². The number of para-hydroxylation sites is 1. The summed E-state index contributed by atoms with van der Waals surface area (Å²) < 4.78 is 1.72. The SMILES string of the molecule is CC.Cc1c2ccccc2nc(=O)n1C(C)C. The molecular formula is C14H20N2O. The average molecular weight is 232 g/mol. The normalized spacial score (nSPS) is 10.2. The maximum absolute atomic E-state index is 11.7. The van der Waals surface area contributed by atoms with Crippen molar-refractivity contribution in [3.63, 3.8) is 0 Å². The molecule has 1 aromatic heterocycles. The lowest BCUT2D eigenvalue weighted by Crippen LogP contribution is -2.26. The van der Waals surface area contributed by atoms with Crippen LogP contribution in [0.4, 0.5) is 0 Å². The first-order valence-electron chi connectivity index (χ1n) is 6.09. The summed E-state index contributed by atoms with van der Waals surface area (Å²) in [4.78, 5) is 15.8. The Kier molecular flexibility index (Phi) is 4.44. The number of fused-ring (bicyclic) bond motifs is 1.